The van der Waals surface area contributed by atoms with Crippen LogP contribution in [0.3, 0.4) is 0 Å². The summed E-state index contributed by atoms with van der Waals surface area (Å²) in [7, 11) is 1.64. The number of benzene rings is 1. The Hall–Kier alpha value is -2.43. The number of pyridine rings is 1. The maximum Gasteiger partial charge on any atom is 0.251 e. The lowest BCUT2D eigenvalue weighted by Gasteiger charge is -2.07. The maximum absolute atomic E-state index is 13.8. The van der Waals surface area contributed by atoms with Gasteiger partial charge in [-0.15, -0.1) is 0 Å². The minimum Gasteiger partial charge on any atom is -0.296 e. The first-order valence-electron chi connectivity index (χ1n) is 5.47. The Balaban J connectivity index is 2.41. The molecule has 0 N–H and O–H groups in total. The van der Waals surface area contributed by atoms with E-state index in [9.17, 15) is 9.18 Å². The highest BCUT2D eigenvalue weighted by atomic mass is 19.1. The molecule has 18 heavy (non-hydrogen) atoms. The summed E-state index contributed by atoms with van der Waals surface area (Å²) < 4.78 is 16.7. The molecule has 0 saturated heterocycles. The van der Waals surface area contributed by atoms with Crippen LogP contribution in [0.1, 0.15) is 0 Å². The monoisotopic (exact) mass is 243 g/mol. The fourth-order valence-electron chi connectivity index (χ4n) is 1.98. The number of fused-ring (bicyclic) bond motifs is 1. The molecule has 0 aliphatic rings. The first-order valence-corrected chi connectivity index (χ1v) is 5.47. The van der Waals surface area contributed by atoms with Gasteiger partial charge in [-0.2, -0.15) is 5.10 Å². The Morgan fingerprint density at radius 1 is 1.17 bits per heavy atom. The zero-order chi connectivity index (χ0) is 12.7. The fraction of sp³-hybridized carbons (Fsp3) is 0.0769. The van der Waals surface area contributed by atoms with E-state index in [1.165, 1.54) is 21.4 Å². The number of hydrogen-bond acceptors (Lipinski definition) is 2. The van der Waals surface area contributed by atoms with Gasteiger partial charge in [-0.25, -0.2) is 9.07 Å². The molecule has 0 saturated carbocycles. The van der Waals surface area contributed by atoms with Gasteiger partial charge < -0.3 is 0 Å². The lowest BCUT2D eigenvalue weighted by molar-refractivity contribution is 0.611. The van der Waals surface area contributed by atoms with Gasteiger partial charge in [0.1, 0.15) is 17.2 Å². The van der Waals surface area contributed by atoms with Crippen molar-refractivity contribution in [1.29, 1.82) is 0 Å². The maximum atomic E-state index is 13.8. The smallest absolute Gasteiger partial charge is 0.251 e. The van der Waals surface area contributed by atoms with Gasteiger partial charge in [-0.05, 0) is 18.2 Å². The summed E-state index contributed by atoms with van der Waals surface area (Å²) in [6.07, 6.45) is 1.61. The van der Waals surface area contributed by atoms with Crippen LogP contribution in [0.15, 0.2) is 47.4 Å². The van der Waals surface area contributed by atoms with Crippen LogP contribution < -0.4 is 5.56 Å². The molecule has 0 unspecified atom stereocenters. The molecule has 0 amide bonds. The van der Waals surface area contributed by atoms with Gasteiger partial charge in [-0.1, -0.05) is 12.1 Å². The molecule has 0 fully saturated rings. The zero-order valence-corrected chi connectivity index (χ0v) is 9.67. The topological polar surface area (TPSA) is 39.8 Å². The number of hydrogen-bond donors (Lipinski definition) is 0. The molecule has 0 spiro atoms. The molecule has 5 heteroatoms. The Kier molecular flexibility index (Phi) is 2.26. The van der Waals surface area contributed by atoms with Gasteiger partial charge in [-0.3, -0.25) is 9.36 Å². The summed E-state index contributed by atoms with van der Waals surface area (Å²) in [6.45, 7) is 0. The molecule has 3 aromatic rings. The van der Waals surface area contributed by atoms with Gasteiger partial charge in [0.2, 0.25) is 0 Å². The van der Waals surface area contributed by atoms with Crippen molar-refractivity contribution in [2.24, 2.45) is 7.05 Å². The largest absolute Gasteiger partial charge is 0.296 e. The third-order valence-corrected chi connectivity index (χ3v) is 2.91. The van der Waals surface area contributed by atoms with E-state index in [1.54, 1.807) is 37.5 Å². The minimum atomic E-state index is -0.376. The van der Waals surface area contributed by atoms with Crippen molar-refractivity contribution in [3.63, 3.8) is 0 Å². The molecule has 1 aromatic carbocycles. The summed E-state index contributed by atoms with van der Waals surface area (Å²) in [4.78, 5) is 11.6. The highest BCUT2D eigenvalue weighted by Crippen LogP contribution is 2.18. The van der Waals surface area contributed by atoms with Crippen molar-refractivity contribution < 1.29 is 4.39 Å². The number of nitrogens with zero attached hydrogens (tertiary/aromatic N) is 3. The molecule has 2 heterocycles. The molecule has 2 aromatic heterocycles. The van der Waals surface area contributed by atoms with E-state index in [0.29, 0.717) is 11.3 Å². The molecule has 0 atom stereocenters. The molecule has 0 bridgehead atoms. The third-order valence-electron chi connectivity index (χ3n) is 2.91. The zero-order valence-electron chi connectivity index (χ0n) is 9.67. The average molecular weight is 243 g/mol. The van der Waals surface area contributed by atoms with E-state index < -0.39 is 0 Å². The van der Waals surface area contributed by atoms with Crippen LogP contribution in [0, 0.1) is 5.82 Å². The molecule has 3 rings (SSSR count). The van der Waals surface area contributed by atoms with Crippen molar-refractivity contribution in [3.8, 4) is 5.69 Å². The Bertz CT molecular complexity index is 788. The minimum absolute atomic E-state index is 0.152. The lowest BCUT2D eigenvalue weighted by Crippen LogP contribution is -2.17. The van der Waals surface area contributed by atoms with Crippen LogP contribution in [-0.4, -0.2) is 14.3 Å². The Labute approximate surface area is 102 Å². The van der Waals surface area contributed by atoms with E-state index in [-0.39, 0.29) is 11.4 Å². The average Bonchev–Trinajstić information content (AvgIpc) is 2.79. The third kappa shape index (κ3) is 1.44. The van der Waals surface area contributed by atoms with Crippen molar-refractivity contribution in [2.45, 2.75) is 0 Å². The van der Waals surface area contributed by atoms with E-state index in [1.807, 2.05) is 0 Å². The van der Waals surface area contributed by atoms with Crippen LogP contribution in [0.4, 0.5) is 4.39 Å². The first kappa shape index (κ1) is 10.7. The van der Waals surface area contributed by atoms with Crippen LogP contribution in [0.25, 0.3) is 16.7 Å². The first-order chi connectivity index (χ1) is 8.68. The summed E-state index contributed by atoms with van der Waals surface area (Å²) >= 11 is 0. The number of aryl methyl sites for hydroxylation is 1. The molecule has 0 radical (unpaired) electrons. The van der Waals surface area contributed by atoms with Crippen LogP contribution >= 0.6 is 0 Å². The molecule has 0 aliphatic heterocycles. The van der Waals surface area contributed by atoms with Crippen molar-refractivity contribution in [1.82, 2.24) is 14.3 Å². The normalized spacial score (nSPS) is 11.0. The number of halogens is 1. The van der Waals surface area contributed by atoms with E-state index in [2.05, 4.69) is 5.10 Å². The van der Waals surface area contributed by atoms with E-state index in [0.717, 1.165) is 5.39 Å². The van der Waals surface area contributed by atoms with Crippen molar-refractivity contribution >= 4 is 11.0 Å². The molecular formula is C13H10FN3O. The van der Waals surface area contributed by atoms with Gasteiger partial charge in [0.05, 0.1) is 6.20 Å². The van der Waals surface area contributed by atoms with Crippen LogP contribution in [0.2, 0.25) is 0 Å². The SMILES string of the molecule is Cn1c(=O)ccc2cnn(-c3ccccc3F)c21. The van der Waals surface area contributed by atoms with Gasteiger partial charge in [0.15, 0.2) is 0 Å². The highest BCUT2D eigenvalue weighted by molar-refractivity contribution is 5.76. The second kappa shape index (κ2) is 3.80. The van der Waals surface area contributed by atoms with Gasteiger partial charge in [0.25, 0.3) is 5.56 Å². The number of para-hydroxylation sites is 1. The summed E-state index contributed by atoms with van der Waals surface area (Å²) in [6, 6.07) is 9.48. The molecule has 4 nitrogen and oxygen atoms in total. The molecule has 90 valence electrons. The molecule has 0 aliphatic carbocycles. The van der Waals surface area contributed by atoms with Crippen molar-refractivity contribution in [3.05, 3.63) is 58.8 Å². The molecular weight excluding hydrogens is 233 g/mol. The Morgan fingerprint density at radius 3 is 2.72 bits per heavy atom. The van der Waals surface area contributed by atoms with Gasteiger partial charge in [0, 0.05) is 18.5 Å². The van der Waals surface area contributed by atoms with E-state index in [4.69, 9.17) is 0 Å². The predicted octanol–water partition coefficient (Wildman–Crippen LogP) is 1.86. The Morgan fingerprint density at radius 2 is 1.94 bits per heavy atom. The van der Waals surface area contributed by atoms with E-state index >= 15 is 0 Å². The second-order valence-electron chi connectivity index (χ2n) is 4.02. The van der Waals surface area contributed by atoms with Crippen molar-refractivity contribution in [2.75, 3.05) is 0 Å². The highest BCUT2D eigenvalue weighted by Gasteiger charge is 2.11. The summed E-state index contributed by atoms with van der Waals surface area (Å²) in [5.74, 6) is -0.376. The lowest BCUT2D eigenvalue weighted by atomic mass is 10.3. The second-order valence-corrected chi connectivity index (χ2v) is 4.02. The fourth-order valence-corrected chi connectivity index (χ4v) is 1.98. The summed E-state index contributed by atoms with van der Waals surface area (Å²) in [5, 5.41) is 4.94. The quantitative estimate of drug-likeness (QED) is 0.654. The van der Waals surface area contributed by atoms with Crippen LogP contribution in [-0.2, 0) is 7.05 Å². The standard InChI is InChI=1S/C13H10FN3O/c1-16-12(18)7-6-9-8-15-17(13(9)16)11-5-3-2-4-10(11)14/h2-8H,1H3. The predicted molar refractivity (Wildman–Crippen MR) is 66.3 cm³/mol. The number of aromatic nitrogens is 3. The number of rotatable bonds is 1. The van der Waals surface area contributed by atoms with Gasteiger partial charge >= 0.3 is 0 Å². The van der Waals surface area contributed by atoms with Crippen LogP contribution in [0.5, 0.6) is 0 Å². The summed E-state index contributed by atoms with van der Waals surface area (Å²) in [5.41, 5.74) is 0.752.